The van der Waals surface area contributed by atoms with Gasteiger partial charge in [-0.15, -0.1) is 12.4 Å². The Labute approximate surface area is 154 Å². The van der Waals surface area contributed by atoms with E-state index in [9.17, 15) is 4.79 Å². The molecule has 5 nitrogen and oxygen atoms in total. The molecule has 1 aromatic heterocycles. The van der Waals surface area contributed by atoms with Crippen molar-refractivity contribution in [2.24, 2.45) is 0 Å². The van der Waals surface area contributed by atoms with Crippen LogP contribution < -0.4 is 10.1 Å². The first-order chi connectivity index (χ1) is 11.8. The van der Waals surface area contributed by atoms with Gasteiger partial charge in [-0.1, -0.05) is 6.07 Å². The number of carbonyl (C=O) groups is 1. The number of likely N-dealkylation sites (tertiary alicyclic amines) is 1. The summed E-state index contributed by atoms with van der Waals surface area (Å²) < 4.78 is 11.0. The summed E-state index contributed by atoms with van der Waals surface area (Å²) in [5.41, 5.74) is 0.612. The molecule has 1 unspecified atom stereocenters. The van der Waals surface area contributed by atoms with Crippen molar-refractivity contribution in [3.63, 3.8) is 0 Å². The van der Waals surface area contributed by atoms with Crippen LogP contribution in [0.2, 0.25) is 0 Å². The molecule has 0 radical (unpaired) electrons. The van der Waals surface area contributed by atoms with Crippen molar-refractivity contribution in [2.45, 2.75) is 25.8 Å². The fourth-order valence-electron chi connectivity index (χ4n) is 3.13. The molecule has 2 aromatic rings. The van der Waals surface area contributed by atoms with Crippen molar-refractivity contribution >= 4 is 18.3 Å². The first-order valence-electron chi connectivity index (χ1n) is 8.56. The number of ether oxygens (including phenoxy) is 1. The van der Waals surface area contributed by atoms with E-state index in [1.165, 1.54) is 12.8 Å². The zero-order valence-electron chi connectivity index (χ0n) is 14.4. The van der Waals surface area contributed by atoms with Gasteiger partial charge in [0.05, 0.1) is 18.9 Å². The lowest BCUT2D eigenvalue weighted by molar-refractivity contribution is 0.0933. The molecule has 1 fully saturated rings. The maximum atomic E-state index is 12.5. The molecule has 1 atom stereocenters. The molecule has 1 amide bonds. The first kappa shape index (κ1) is 19.3. The summed E-state index contributed by atoms with van der Waals surface area (Å²) in [5.74, 6) is 1.53. The standard InChI is InChI=1S/C19H24N2O3.ClH/c1-2-23-16-8-5-7-15(13-16)19(22)20-14-17(18-9-6-12-24-18)21-10-3-4-11-21;/h5-9,12-13,17H,2-4,10-11,14H2,1H3,(H,20,22);1H. The molecule has 1 saturated heterocycles. The van der Waals surface area contributed by atoms with E-state index in [1.54, 1.807) is 18.4 Å². The highest BCUT2D eigenvalue weighted by atomic mass is 35.5. The summed E-state index contributed by atoms with van der Waals surface area (Å²) in [7, 11) is 0. The third-order valence-corrected chi connectivity index (χ3v) is 4.32. The normalized spacial score (nSPS) is 15.4. The van der Waals surface area contributed by atoms with E-state index < -0.39 is 0 Å². The quantitative estimate of drug-likeness (QED) is 0.814. The van der Waals surface area contributed by atoms with Crippen LogP contribution in [0.3, 0.4) is 0 Å². The van der Waals surface area contributed by atoms with E-state index in [0.29, 0.717) is 24.5 Å². The molecule has 0 spiro atoms. The maximum Gasteiger partial charge on any atom is 0.251 e. The summed E-state index contributed by atoms with van der Waals surface area (Å²) >= 11 is 0. The fourth-order valence-corrected chi connectivity index (χ4v) is 3.13. The highest BCUT2D eigenvalue weighted by Gasteiger charge is 2.26. The lowest BCUT2D eigenvalue weighted by Gasteiger charge is -2.26. The summed E-state index contributed by atoms with van der Waals surface area (Å²) in [4.78, 5) is 14.8. The van der Waals surface area contributed by atoms with Gasteiger partial charge in [0.1, 0.15) is 11.5 Å². The fraction of sp³-hybridized carbons (Fsp3) is 0.421. The van der Waals surface area contributed by atoms with Crippen LogP contribution in [0.15, 0.2) is 47.1 Å². The topological polar surface area (TPSA) is 54.7 Å². The van der Waals surface area contributed by atoms with Crippen molar-refractivity contribution < 1.29 is 13.9 Å². The highest BCUT2D eigenvalue weighted by Crippen LogP contribution is 2.25. The number of benzene rings is 1. The summed E-state index contributed by atoms with van der Waals surface area (Å²) in [6.45, 7) is 5.13. The number of nitrogens with zero attached hydrogens (tertiary/aromatic N) is 1. The average Bonchev–Trinajstić information content (AvgIpc) is 3.30. The van der Waals surface area contributed by atoms with Crippen LogP contribution in [-0.2, 0) is 0 Å². The Bertz CT molecular complexity index is 654. The van der Waals surface area contributed by atoms with Crippen LogP contribution in [0.1, 0.15) is 41.9 Å². The van der Waals surface area contributed by atoms with E-state index in [1.807, 2.05) is 31.2 Å². The van der Waals surface area contributed by atoms with Gasteiger partial charge in [-0.25, -0.2) is 0 Å². The number of rotatable bonds is 7. The molecule has 1 aliphatic rings. The third-order valence-electron chi connectivity index (χ3n) is 4.32. The molecule has 0 bridgehead atoms. The number of amides is 1. The van der Waals surface area contributed by atoms with Gasteiger partial charge in [-0.3, -0.25) is 9.69 Å². The first-order valence-corrected chi connectivity index (χ1v) is 8.56. The van der Waals surface area contributed by atoms with Crippen molar-refractivity contribution in [3.8, 4) is 5.75 Å². The Hall–Kier alpha value is -1.98. The number of nitrogens with one attached hydrogen (secondary N) is 1. The maximum absolute atomic E-state index is 12.5. The lowest BCUT2D eigenvalue weighted by atomic mass is 10.1. The molecular formula is C19H25ClN2O3. The van der Waals surface area contributed by atoms with E-state index in [-0.39, 0.29) is 24.4 Å². The monoisotopic (exact) mass is 364 g/mol. The van der Waals surface area contributed by atoms with Gasteiger partial charge < -0.3 is 14.5 Å². The molecule has 3 rings (SSSR count). The van der Waals surface area contributed by atoms with Crippen LogP contribution in [0.25, 0.3) is 0 Å². The summed E-state index contributed by atoms with van der Waals surface area (Å²) in [6.07, 6.45) is 4.08. The van der Waals surface area contributed by atoms with Gasteiger partial charge >= 0.3 is 0 Å². The number of furan rings is 1. The van der Waals surface area contributed by atoms with Gasteiger partial charge in [0.25, 0.3) is 5.91 Å². The van der Waals surface area contributed by atoms with Crippen molar-refractivity contribution in [1.29, 1.82) is 0 Å². The predicted octanol–water partition coefficient (Wildman–Crippen LogP) is 3.67. The molecule has 1 aliphatic heterocycles. The second-order valence-corrected chi connectivity index (χ2v) is 5.95. The van der Waals surface area contributed by atoms with Crippen LogP contribution in [0, 0.1) is 0 Å². The lowest BCUT2D eigenvalue weighted by Crippen LogP contribution is -2.36. The molecule has 25 heavy (non-hydrogen) atoms. The Morgan fingerprint density at radius 1 is 1.28 bits per heavy atom. The highest BCUT2D eigenvalue weighted by molar-refractivity contribution is 5.94. The Kier molecular flexibility index (Phi) is 7.34. The minimum Gasteiger partial charge on any atom is -0.494 e. The molecule has 2 heterocycles. The Balaban J connectivity index is 0.00000225. The van der Waals surface area contributed by atoms with E-state index in [4.69, 9.17) is 9.15 Å². The minimum absolute atomic E-state index is 0. The van der Waals surface area contributed by atoms with Crippen molar-refractivity contribution in [1.82, 2.24) is 10.2 Å². The number of carbonyl (C=O) groups excluding carboxylic acids is 1. The molecule has 6 heteroatoms. The van der Waals surface area contributed by atoms with Gasteiger partial charge in [0.15, 0.2) is 0 Å². The SMILES string of the molecule is CCOc1cccc(C(=O)NCC(c2ccco2)N2CCCC2)c1.Cl. The van der Waals surface area contributed by atoms with E-state index >= 15 is 0 Å². The van der Waals surface area contributed by atoms with E-state index in [0.717, 1.165) is 18.8 Å². The Morgan fingerprint density at radius 3 is 2.76 bits per heavy atom. The zero-order chi connectivity index (χ0) is 16.8. The second-order valence-electron chi connectivity index (χ2n) is 5.95. The van der Waals surface area contributed by atoms with Gasteiger partial charge in [0.2, 0.25) is 0 Å². The molecule has 0 aliphatic carbocycles. The minimum atomic E-state index is -0.0905. The van der Waals surface area contributed by atoms with Gasteiger partial charge in [-0.05, 0) is 63.2 Å². The number of halogens is 1. The molecule has 0 saturated carbocycles. The molecular weight excluding hydrogens is 340 g/mol. The molecule has 1 N–H and O–H groups in total. The van der Waals surface area contributed by atoms with Crippen LogP contribution >= 0.6 is 12.4 Å². The largest absolute Gasteiger partial charge is 0.494 e. The summed E-state index contributed by atoms with van der Waals surface area (Å²) in [5, 5.41) is 3.04. The average molecular weight is 365 g/mol. The smallest absolute Gasteiger partial charge is 0.251 e. The van der Waals surface area contributed by atoms with Gasteiger partial charge in [0, 0.05) is 12.1 Å². The summed E-state index contributed by atoms with van der Waals surface area (Å²) in [6, 6.07) is 11.2. The third kappa shape index (κ3) is 5.00. The van der Waals surface area contributed by atoms with Crippen LogP contribution in [0.4, 0.5) is 0 Å². The number of hydrogen-bond donors (Lipinski definition) is 1. The predicted molar refractivity (Wildman–Crippen MR) is 99.4 cm³/mol. The molecule has 1 aromatic carbocycles. The zero-order valence-corrected chi connectivity index (χ0v) is 15.3. The van der Waals surface area contributed by atoms with E-state index in [2.05, 4.69) is 10.2 Å². The van der Waals surface area contributed by atoms with Crippen LogP contribution in [0.5, 0.6) is 5.75 Å². The van der Waals surface area contributed by atoms with Gasteiger partial charge in [-0.2, -0.15) is 0 Å². The Morgan fingerprint density at radius 2 is 2.08 bits per heavy atom. The van der Waals surface area contributed by atoms with Crippen molar-refractivity contribution in [3.05, 3.63) is 54.0 Å². The van der Waals surface area contributed by atoms with Crippen LogP contribution in [-0.4, -0.2) is 37.0 Å². The second kappa shape index (κ2) is 9.49. The number of hydrogen-bond acceptors (Lipinski definition) is 4. The van der Waals surface area contributed by atoms with Crippen molar-refractivity contribution in [2.75, 3.05) is 26.2 Å². The molecule has 136 valence electrons.